The monoisotopic (exact) mass is 764 g/mol. The van der Waals surface area contributed by atoms with Gasteiger partial charge in [-0.05, 0) is 116 Å². The Morgan fingerprint density at radius 3 is 1.40 bits per heavy atom. The smallest absolute Gasteiger partial charge is 0.0541 e. The van der Waals surface area contributed by atoms with Crippen molar-refractivity contribution in [1.29, 1.82) is 0 Å². The molecule has 60 heavy (non-hydrogen) atoms. The van der Waals surface area contributed by atoms with Gasteiger partial charge in [0.15, 0.2) is 0 Å². The molecular weight excluding hydrogens is 725 g/mol. The Morgan fingerprint density at radius 1 is 0.283 bits per heavy atom. The van der Waals surface area contributed by atoms with Gasteiger partial charge in [0.05, 0.1) is 11.0 Å². The van der Waals surface area contributed by atoms with E-state index in [0.717, 1.165) is 28.3 Å². The second-order valence-electron chi connectivity index (χ2n) is 15.3. The molecule has 0 saturated heterocycles. The van der Waals surface area contributed by atoms with Crippen LogP contribution in [0.1, 0.15) is 0 Å². The summed E-state index contributed by atoms with van der Waals surface area (Å²) in [5.41, 5.74) is 16.4. The third-order valence-corrected chi connectivity index (χ3v) is 11.8. The molecule has 0 amide bonds. The number of para-hydroxylation sites is 2. The molecule has 0 saturated carbocycles. The number of nitrogens with zero attached hydrogens (tertiary/aromatic N) is 2. The molecule has 10 aromatic carbocycles. The lowest BCUT2D eigenvalue weighted by atomic mass is 9.91. The highest BCUT2D eigenvalue weighted by Crippen LogP contribution is 2.42. The molecule has 2 heteroatoms. The van der Waals surface area contributed by atoms with Crippen molar-refractivity contribution < 1.29 is 0 Å². The Balaban J connectivity index is 1.03. The van der Waals surface area contributed by atoms with E-state index in [9.17, 15) is 0 Å². The van der Waals surface area contributed by atoms with Crippen molar-refractivity contribution in [3.8, 4) is 50.2 Å². The number of rotatable bonds is 8. The van der Waals surface area contributed by atoms with Gasteiger partial charge in [-0.2, -0.15) is 0 Å². The zero-order chi connectivity index (χ0) is 39.8. The molecule has 0 aliphatic carbocycles. The van der Waals surface area contributed by atoms with Gasteiger partial charge in [-0.1, -0.05) is 182 Å². The number of aromatic nitrogens is 1. The molecule has 0 unspecified atom stereocenters. The standard InChI is InChI=1S/C58H40N2/c1-3-16-41(17-4-1)45-22-11-25-49(38-45)59(50-26-13-24-47(40-50)53-31-15-21-44-20-14-30-52(58(44)53)43-18-5-2-6-19-43)48-36-34-42(35-37-48)46-23-12-27-51(39-46)60-56-32-9-7-28-54(56)55-29-8-10-33-57(55)60/h1-40H. The van der Waals surface area contributed by atoms with Crippen LogP contribution in [0.3, 0.4) is 0 Å². The van der Waals surface area contributed by atoms with Crippen LogP contribution >= 0.6 is 0 Å². The van der Waals surface area contributed by atoms with Crippen molar-refractivity contribution in [1.82, 2.24) is 4.57 Å². The van der Waals surface area contributed by atoms with Gasteiger partial charge in [-0.3, -0.25) is 0 Å². The van der Waals surface area contributed by atoms with E-state index in [1.165, 1.54) is 71.5 Å². The Kier molecular flexibility index (Phi) is 8.87. The van der Waals surface area contributed by atoms with Gasteiger partial charge in [-0.15, -0.1) is 0 Å². The summed E-state index contributed by atoms with van der Waals surface area (Å²) in [5, 5.41) is 5.01. The van der Waals surface area contributed by atoms with Crippen molar-refractivity contribution in [3.63, 3.8) is 0 Å². The first-order valence-corrected chi connectivity index (χ1v) is 20.6. The van der Waals surface area contributed by atoms with E-state index in [4.69, 9.17) is 0 Å². The Hall–Kier alpha value is -7.94. The van der Waals surface area contributed by atoms with Crippen LogP contribution in [0.2, 0.25) is 0 Å². The minimum absolute atomic E-state index is 1.09. The van der Waals surface area contributed by atoms with Gasteiger partial charge in [0.1, 0.15) is 0 Å². The van der Waals surface area contributed by atoms with Crippen molar-refractivity contribution >= 4 is 49.6 Å². The van der Waals surface area contributed by atoms with Crippen LogP contribution in [0, 0.1) is 0 Å². The lowest BCUT2D eigenvalue weighted by Crippen LogP contribution is -2.10. The van der Waals surface area contributed by atoms with Crippen LogP contribution in [-0.2, 0) is 0 Å². The zero-order valence-electron chi connectivity index (χ0n) is 33.0. The van der Waals surface area contributed by atoms with Crippen LogP contribution in [0.4, 0.5) is 17.1 Å². The van der Waals surface area contributed by atoms with E-state index in [-0.39, 0.29) is 0 Å². The predicted octanol–water partition coefficient (Wildman–Crippen LogP) is 16.1. The number of anilines is 3. The Morgan fingerprint density at radius 2 is 0.750 bits per heavy atom. The quantitative estimate of drug-likeness (QED) is 0.150. The zero-order valence-corrected chi connectivity index (χ0v) is 33.0. The fourth-order valence-corrected chi connectivity index (χ4v) is 8.98. The molecule has 11 rings (SSSR count). The molecule has 0 bridgehead atoms. The third-order valence-electron chi connectivity index (χ3n) is 11.8. The van der Waals surface area contributed by atoms with Gasteiger partial charge in [0.2, 0.25) is 0 Å². The molecule has 2 nitrogen and oxygen atoms in total. The topological polar surface area (TPSA) is 8.17 Å². The average molecular weight is 765 g/mol. The van der Waals surface area contributed by atoms with Crippen molar-refractivity contribution in [2.75, 3.05) is 4.90 Å². The summed E-state index contributed by atoms with van der Waals surface area (Å²) >= 11 is 0. The predicted molar refractivity (Wildman–Crippen MR) is 255 cm³/mol. The van der Waals surface area contributed by atoms with Gasteiger partial charge >= 0.3 is 0 Å². The SMILES string of the molecule is c1ccc(-c2cccc(N(c3ccc(-c4cccc(-n5c6ccccc6c6ccccc65)c4)cc3)c3cccc(-c4cccc5cccc(-c6ccccc6)c45)c3)c2)cc1. The lowest BCUT2D eigenvalue weighted by molar-refractivity contribution is 1.18. The number of hydrogen-bond donors (Lipinski definition) is 0. The maximum Gasteiger partial charge on any atom is 0.0541 e. The summed E-state index contributed by atoms with van der Waals surface area (Å²) in [5.74, 6) is 0. The van der Waals surface area contributed by atoms with Crippen molar-refractivity contribution in [3.05, 3.63) is 243 Å². The molecule has 0 radical (unpaired) electrons. The molecule has 0 aliphatic rings. The molecule has 0 fully saturated rings. The lowest BCUT2D eigenvalue weighted by Gasteiger charge is -2.27. The molecule has 0 atom stereocenters. The molecule has 11 aromatic rings. The Bertz CT molecular complexity index is 3250. The van der Waals surface area contributed by atoms with E-state index in [0.29, 0.717) is 0 Å². The Labute approximate surface area is 350 Å². The number of hydrogen-bond acceptors (Lipinski definition) is 1. The highest BCUT2D eigenvalue weighted by atomic mass is 15.1. The second kappa shape index (κ2) is 15.1. The minimum Gasteiger partial charge on any atom is -0.310 e. The molecule has 0 aliphatic heterocycles. The highest BCUT2D eigenvalue weighted by Gasteiger charge is 2.17. The van der Waals surface area contributed by atoms with E-state index < -0.39 is 0 Å². The van der Waals surface area contributed by atoms with Crippen LogP contribution < -0.4 is 4.90 Å². The van der Waals surface area contributed by atoms with Gasteiger partial charge in [0, 0.05) is 33.5 Å². The minimum atomic E-state index is 1.09. The molecule has 1 heterocycles. The van der Waals surface area contributed by atoms with Crippen LogP contribution in [0.15, 0.2) is 243 Å². The van der Waals surface area contributed by atoms with Crippen molar-refractivity contribution in [2.24, 2.45) is 0 Å². The van der Waals surface area contributed by atoms with Crippen LogP contribution in [0.25, 0.3) is 82.8 Å². The molecule has 0 spiro atoms. The number of fused-ring (bicyclic) bond motifs is 4. The fraction of sp³-hybridized carbons (Fsp3) is 0. The molecular formula is C58H40N2. The van der Waals surface area contributed by atoms with Gasteiger partial charge in [0.25, 0.3) is 0 Å². The van der Waals surface area contributed by atoms with Crippen LogP contribution in [-0.4, -0.2) is 4.57 Å². The van der Waals surface area contributed by atoms with E-state index in [1.807, 2.05) is 0 Å². The van der Waals surface area contributed by atoms with E-state index in [2.05, 4.69) is 252 Å². The highest BCUT2D eigenvalue weighted by molar-refractivity contribution is 6.09. The summed E-state index contributed by atoms with van der Waals surface area (Å²) in [7, 11) is 0. The van der Waals surface area contributed by atoms with E-state index >= 15 is 0 Å². The summed E-state index contributed by atoms with van der Waals surface area (Å²) in [6.45, 7) is 0. The molecule has 1 aromatic heterocycles. The second-order valence-corrected chi connectivity index (χ2v) is 15.3. The summed E-state index contributed by atoms with van der Waals surface area (Å²) in [4.78, 5) is 2.39. The first kappa shape index (κ1) is 35.2. The van der Waals surface area contributed by atoms with Gasteiger partial charge in [-0.25, -0.2) is 0 Å². The molecule has 282 valence electrons. The molecule has 0 N–H and O–H groups in total. The maximum absolute atomic E-state index is 2.39. The van der Waals surface area contributed by atoms with E-state index in [1.54, 1.807) is 0 Å². The third kappa shape index (κ3) is 6.32. The largest absolute Gasteiger partial charge is 0.310 e. The van der Waals surface area contributed by atoms with Crippen LogP contribution in [0.5, 0.6) is 0 Å². The first-order chi connectivity index (χ1) is 29.8. The fourth-order valence-electron chi connectivity index (χ4n) is 8.98. The maximum atomic E-state index is 2.39. The van der Waals surface area contributed by atoms with Crippen molar-refractivity contribution in [2.45, 2.75) is 0 Å². The summed E-state index contributed by atoms with van der Waals surface area (Å²) in [6.07, 6.45) is 0. The van der Waals surface area contributed by atoms with Gasteiger partial charge < -0.3 is 9.47 Å². The summed E-state index contributed by atoms with van der Waals surface area (Å²) in [6, 6.07) is 87.8. The number of benzene rings is 10. The normalized spacial score (nSPS) is 11.3. The average Bonchev–Trinajstić information content (AvgIpc) is 3.67. The first-order valence-electron chi connectivity index (χ1n) is 20.6. The summed E-state index contributed by atoms with van der Waals surface area (Å²) < 4.78 is 2.38.